The number of nitrogens with zero attached hydrogens (tertiary/aromatic N) is 3. The Morgan fingerprint density at radius 1 is 1.23 bits per heavy atom. The van der Waals surface area contributed by atoms with Gasteiger partial charge in [-0.15, -0.1) is 0 Å². The van der Waals surface area contributed by atoms with Crippen LogP contribution in [-0.4, -0.2) is 33.9 Å². The fourth-order valence-electron chi connectivity index (χ4n) is 3.63. The number of primary amides is 1. The van der Waals surface area contributed by atoms with E-state index in [9.17, 15) is 9.18 Å². The fraction of sp³-hybridized carbons (Fsp3) is 0.348. The molecule has 1 unspecified atom stereocenters. The molecular weight excluding hydrogens is 419 g/mol. The first kappa shape index (κ1) is 22.9. The third kappa shape index (κ3) is 5.11. The number of methoxy groups -OCH3 is 1. The molecular formula is C23H26ClFN4O2. The number of hydrogen-bond acceptors (Lipinski definition) is 4. The maximum absolute atomic E-state index is 14.6. The Morgan fingerprint density at radius 3 is 2.48 bits per heavy atom. The SMILES string of the molecule is COC(C(N)=O)[C@@H](c1nc(-c2cc(Cl)ccc2F)nn1Cc1ccccc1)C(C)(C)C. The molecule has 1 aromatic heterocycles. The third-order valence-corrected chi connectivity index (χ3v) is 5.33. The van der Waals surface area contributed by atoms with E-state index in [1.54, 1.807) is 4.68 Å². The van der Waals surface area contributed by atoms with Crippen molar-refractivity contribution >= 4 is 17.5 Å². The number of nitrogens with two attached hydrogens (primary N) is 1. The van der Waals surface area contributed by atoms with Crippen molar-refractivity contribution in [2.75, 3.05) is 7.11 Å². The lowest BCUT2D eigenvalue weighted by atomic mass is 9.76. The summed E-state index contributed by atoms with van der Waals surface area (Å²) < 4.78 is 21.7. The average Bonchev–Trinajstić information content (AvgIpc) is 3.10. The van der Waals surface area contributed by atoms with Gasteiger partial charge < -0.3 is 10.5 Å². The van der Waals surface area contributed by atoms with Gasteiger partial charge in [0.25, 0.3) is 0 Å². The van der Waals surface area contributed by atoms with Gasteiger partial charge in [0.05, 0.1) is 18.0 Å². The van der Waals surface area contributed by atoms with Gasteiger partial charge in [-0.05, 0) is 29.2 Å². The Morgan fingerprint density at radius 2 is 1.90 bits per heavy atom. The maximum atomic E-state index is 14.6. The number of halogens is 2. The Hall–Kier alpha value is -2.77. The molecule has 0 fully saturated rings. The minimum absolute atomic E-state index is 0.180. The van der Waals surface area contributed by atoms with Crippen LogP contribution in [0.5, 0.6) is 0 Å². The van der Waals surface area contributed by atoms with Gasteiger partial charge in [0.15, 0.2) is 5.82 Å². The quantitative estimate of drug-likeness (QED) is 0.584. The number of hydrogen-bond donors (Lipinski definition) is 1. The highest BCUT2D eigenvalue weighted by Crippen LogP contribution is 2.39. The lowest BCUT2D eigenvalue weighted by Crippen LogP contribution is -2.42. The number of carbonyl (C=O) groups is 1. The summed E-state index contributed by atoms with van der Waals surface area (Å²) in [6.45, 7) is 6.28. The highest BCUT2D eigenvalue weighted by Gasteiger charge is 2.41. The minimum atomic E-state index is -0.934. The molecule has 0 saturated heterocycles. The Balaban J connectivity index is 2.21. The normalized spacial score (nSPS) is 13.7. The van der Waals surface area contributed by atoms with Crippen LogP contribution in [0.15, 0.2) is 48.5 Å². The van der Waals surface area contributed by atoms with Crippen molar-refractivity contribution < 1.29 is 13.9 Å². The lowest BCUT2D eigenvalue weighted by Gasteiger charge is -2.34. The van der Waals surface area contributed by atoms with Crippen LogP contribution < -0.4 is 5.73 Å². The summed E-state index contributed by atoms with van der Waals surface area (Å²) in [5, 5.41) is 4.96. The predicted molar refractivity (Wildman–Crippen MR) is 118 cm³/mol. The molecule has 1 amide bonds. The van der Waals surface area contributed by atoms with Crippen LogP contribution in [0.2, 0.25) is 5.02 Å². The molecule has 0 bridgehead atoms. The van der Waals surface area contributed by atoms with Crippen molar-refractivity contribution in [3.05, 3.63) is 70.8 Å². The second-order valence-electron chi connectivity index (χ2n) is 8.46. The second-order valence-corrected chi connectivity index (χ2v) is 8.90. The number of amides is 1. The Kier molecular flexibility index (Phi) is 6.77. The molecule has 2 aromatic carbocycles. The zero-order chi connectivity index (χ0) is 22.8. The molecule has 164 valence electrons. The van der Waals surface area contributed by atoms with E-state index in [2.05, 4.69) is 10.1 Å². The monoisotopic (exact) mass is 444 g/mol. The molecule has 0 saturated carbocycles. The summed E-state index contributed by atoms with van der Waals surface area (Å²) in [6.07, 6.45) is -0.934. The number of aromatic nitrogens is 3. The van der Waals surface area contributed by atoms with Crippen LogP contribution >= 0.6 is 11.6 Å². The molecule has 2 atom stereocenters. The highest BCUT2D eigenvalue weighted by atomic mass is 35.5. The van der Waals surface area contributed by atoms with Crippen LogP contribution in [0.4, 0.5) is 4.39 Å². The van der Waals surface area contributed by atoms with E-state index in [-0.39, 0.29) is 11.4 Å². The van der Waals surface area contributed by atoms with Crippen LogP contribution in [0.1, 0.15) is 38.1 Å². The smallest absolute Gasteiger partial charge is 0.247 e. The molecule has 2 N–H and O–H groups in total. The van der Waals surface area contributed by atoms with Gasteiger partial charge >= 0.3 is 0 Å². The van der Waals surface area contributed by atoms with E-state index < -0.39 is 29.2 Å². The Labute approximate surface area is 186 Å². The van der Waals surface area contributed by atoms with Gasteiger partial charge in [0, 0.05) is 12.1 Å². The van der Waals surface area contributed by atoms with Gasteiger partial charge in [-0.25, -0.2) is 14.1 Å². The molecule has 0 aliphatic carbocycles. The zero-order valence-electron chi connectivity index (χ0n) is 18.0. The summed E-state index contributed by atoms with van der Waals surface area (Å²) in [7, 11) is 1.43. The molecule has 3 aromatic rings. The van der Waals surface area contributed by atoms with Crippen molar-refractivity contribution in [2.24, 2.45) is 11.1 Å². The first-order valence-electron chi connectivity index (χ1n) is 9.88. The van der Waals surface area contributed by atoms with E-state index in [0.717, 1.165) is 5.56 Å². The third-order valence-electron chi connectivity index (χ3n) is 5.09. The van der Waals surface area contributed by atoms with Gasteiger partial charge in [0.1, 0.15) is 17.7 Å². The van der Waals surface area contributed by atoms with E-state index >= 15 is 0 Å². The molecule has 31 heavy (non-hydrogen) atoms. The molecule has 6 nitrogen and oxygen atoms in total. The molecule has 1 heterocycles. The van der Waals surface area contributed by atoms with Crippen LogP contribution in [0.25, 0.3) is 11.4 Å². The van der Waals surface area contributed by atoms with Crippen molar-refractivity contribution in [1.29, 1.82) is 0 Å². The maximum Gasteiger partial charge on any atom is 0.247 e. The molecule has 3 rings (SSSR count). The molecule has 0 aliphatic heterocycles. The minimum Gasteiger partial charge on any atom is -0.371 e. The van der Waals surface area contributed by atoms with Gasteiger partial charge in [-0.2, -0.15) is 5.10 Å². The summed E-state index contributed by atoms with van der Waals surface area (Å²) >= 11 is 6.08. The Bertz CT molecular complexity index is 1060. The van der Waals surface area contributed by atoms with Crippen molar-refractivity contribution in [3.63, 3.8) is 0 Å². The van der Waals surface area contributed by atoms with Crippen molar-refractivity contribution in [1.82, 2.24) is 14.8 Å². The first-order chi connectivity index (χ1) is 14.6. The second kappa shape index (κ2) is 9.16. The van der Waals surface area contributed by atoms with Crippen molar-refractivity contribution in [3.8, 4) is 11.4 Å². The van der Waals surface area contributed by atoms with Gasteiger partial charge in [-0.1, -0.05) is 62.7 Å². The number of rotatable bonds is 7. The van der Waals surface area contributed by atoms with E-state index in [1.807, 2.05) is 51.1 Å². The van der Waals surface area contributed by atoms with E-state index in [1.165, 1.54) is 25.3 Å². The first-order valence-corrected chi connectivity index (χ1v) is 10.3. The number of ether oxygens (including phenoxy) is 1. The largest absolute Gasteiger partial charge is 0.371 e. The van der Waals surface area contributed by atoms with Crippen molar-refractivity contribution in [2.45, 2.75) is 39.3 Å². The standard InChI is InChI=1S/C23H26ClFN4O2/c1-23(2,3)18(19(31-4)20(26)30)22-27-21(16-12-15(24)10-11-17(16)25)28-29(22)13-14-8-6-5-7-9-14/h5-12,18-19H,13H2,1-4H3,(H2,26,30)/t18-,19?/m0/s1. The van der Waals surface area contributed by atoms with Gasteiger partial charge in [0.2, 0.25) is 5.91 Å². The van der Waals surface area contributed by atoms with Crippen LogP contribution in [0.3, 0.4) is 0 Å². The van der Waals surface area contributed by atoms with E-state index in [4.69, 9.17) is 22.1 Å². The number of carbonyl (C=O) groups excluding carboxylic acids is 1. The number of benzene rings is 2. The fourth-order valence-corrected chi connectivity index (χ4v) is 3.81. The highest BCUT2D eigenvalue weighted by molar-refractivity contribution is 6.30. The van der Waals surface area contributed by atoms with E-state index in [0.29, 0.717) is 17.4 Å². The molecule has 8 heteroatoms. The summed E-state index contributed by atoms with van der Waals surface area (Å²) in [4.78, 5) is 16.9. The average molecular weight is 445 g/mol. The topological polar surface area (TPSA) is 83.0 Å². The molecule has 0 aliphatic rings. The van der Waals surface area contributed by atoms with Crippen LogP contribution in [-0.2, 0) is 16.1 Å². The van der Waals surface area contributed by atoms with Gasteiger partial charge in [-0.3, -0.25) is 4.79 Å². The zero-order valence-corrected chi connectivity index (χ0v) is 18.7. The summed E-state index contributed by atoms with van der Waals surface area (Å²) in [5.74, 6) is -0.955. The molecule has 0 spiro atoms. The van der Waals surface area contributed by atoms with Crippen LogP contribution in [0, 0.1) is 11.2 Å². The molecule has 0 radical (unpaired) electrons. The predicted octanol–water partition coefficient (Wildman–Crippen LogP) is 4.42. The lowest BCUT2D eigenvalue weighted by molar-refractivity contribution is -0.131. The summed E-state index contributed by atoms with van der Waals surface area (Å²) in [5.41, 5.74) is 6.35. The summed E-state index contributed by atoms with van der Waals surface area (Å²) in [6, 6.07) is 13.9.